The third-order valence-corrected chi connectivity index (χ3v) is 3.12. The van der Waals surface area contributed by atoms with Crippen LogP contribution in [0.3, 0.4) is 0 Å². The molecule has 2 aliphatic carbocycles. The van der Waals surface area contributed by atoms with E-state index in [0.29, 0.717) is 18.4 Å². The van der Waals surface area contributed by atoms with Crippen molar-refractivity contribution in [2.75, 3.05) is 6.61 Å². The average molecular weight is 169 g/mol. The summed E-state index contributed by atoms with van der Waals surface area (Å²) in [6, 6.07) is 0.254. The van der Waals surface area contributed by atoms with Gasteiger partial charge in [0.1, 0.15) is 0 Å². The van der Waals surface area contributed by atoms with E-state index >= 15 is 0 Å². The first-order valence-electron chi connectivity index (χ1n) is 4.68. The molecule has 12 heavy (non-hydrogen) atoms. The van der Waals surface area contributed by atoms with E-state index < -0.39 is 0 Å². The molecular weight excluding hydrogens is 154 g/mol. The third kappa shape index (κ3) is 1.04. The fourth-order valence-corrected chi connectivity index (χ4v) is 2.50. The van der Waals surface area contributed by atoms with Gasteiger partial charge in [-0.25, -0.2) is 0 Å². The van der Waals surface area contributed by atoms with Crippen molar-refractivity contribution in [1.29, 1.82) is 0 Å². The van der Waals surface area contributed by atoms with Crippen LogP contribution in [0.5, 0.6) is 0 Å². The van der Waals surface area contributed by atoms with Gasteiger partial charge in [-0.15, -0.1) is 0 Å². The minimum atomic E-state index is -0.0253. The van der Waals surface area contributed by atoms with Gasteiger partial charge in [0.2, 0.25) is 0 Å². The second-order valence-electron chi connectivity index (χ2n) is 3.76. The summed E-state index contributed by atoms with van der Waals surface area (Å²) in [4.78, 5) is 11.3. The Balaban J connectivity index is 1.90. The quantitative estimate of drug-likeness (QED) is 0.613. The molecule has 0 bridgehead atoms. The SMILES string of the molecule is CCOC(=O)[C@H]1[C@@H]2CC[C@@H](N)[C@@H]21. The molecule has 0 unspecified atom stereocenters. The second kappa shape index (κ2) is 2.73. The molecule has 3 heteroatoms. The van der Waals surface area contributed by atoms with Gasteiger partial charge in [-0.2, -0.15) is 0 Å². The topological polar surface area (TPSA) is 52.3 Å². The standard InChI is InChI=1S/C9H15NO2/c1-2-12-9(11)8-5-3-4-6(10)7(5)8/h5-8H,2-4,10H2,1H3/t5-,6-,7-,8+/m1/s1. The number of nitrogens with two attached hydrogens (primary N) is 1. The van der Waals surface area contributed by atoms with Crippen molar-refractivity contribution in [3.8, 4) is 0 Å². The molecule has 0 heterocycles. The first-order chi connectivity index (χ1) is 5.75. The van der Waals surface area contributed by atoms with Crippen LogP contribution in [0, 0.1) is 17.8 Å². The first kappa shape index (κ1) is 8.05. The number of carbonyl (C=O) groups excluding carboxylic acids is 1. The Kier molecular flexibility index (Phi) is 1.83. The molecule has 68 valence electrons. The fraction of sp³-hybridized carbons (Fsp3) is 0.889. The van der Waals surface area contributed by atoms with E-state index in [1.807, 2.05) is 6.92 Å². The van der Waals surface area contributed by atoms with Crippen molar-refractivity contribution in [2.24, 2.45) is 23.5 Å². The summed E-state index contributed by atoms with van der Waals surface area (Å²) in [6.07, 6.45) is 2.21. The Bertz CT molecular complexity index is 205. The summed E-state index contributed by atoms with van der Waals surface area (Å²) in [5, 5.41) is 0. The Morgan fingerprint density at radius 2 is 2.33 bits per heavy atom. The molecule has 0 radical (unpaired) electrons. The van der Waals surface area contributed by atoms with Crippen LogP contribution in [0.15, 0.2) is 0 Å². The van der Waals surface area contributed by atoms with Gasteiger partial charge < -0.3 is 10.5 Å². The van der Waals surface area contributed by atoms with Gasteiger partial charge in [0.25, 0.3) is 0 Å². The van der Waals surface area contributed by atoms with E-state index in [1.54, 1.807) is 0 Å². The number of ether oxygens (including phenoxy) is 1. The molecule has 2 saturated carbocycles. The smallest absolute Gasteiger partial charge is 0.309 e. The minimum absolute atomic E-state index is 0.0253. The van der Waals surface area contributed by atoms with E-state index in [0.717, 1.165) is 12.8 Å². The number of hydrogen-bond donors (Lipinski definition) is 1. The highest BCUT2D eigenvalue weighted by Crippen LogP contribution is 2.57. The van der Waals surface area contributed by atoms with Crippen LogP contribution >= 0.6 is 0 Å². The van der Waals surface area contributed by atoms with E-state index in [4.69, 9.17) is 10.5 Å². The summed E-state index contributed by atoms with van der Waals surface area (Å²) in [7, 11) is 0. The van der Waals surface area contributed by atoms with Crippen molar-refractivity contribution >= 4 is 5.97 Å². The van der Waals surface area contributed by atoms with Gasteiger partial charge in [-0.05, 0) is 31.6 Å². The lowest BCUT2D eigenvalue weighted by molar-refractivity contribution is -0.145. The Morgan fingerprint density at radius 3 is 2.83 bits per heavy atom. The zero-order valence-electron chi connectivity index (χ0n) is 7.32. The molecule has 3 nitrogen and oxygen atoms in total. The molecule has 2 rings (SSSR count). The van der Waals surface area contributed by atoms with Crippen molar-refractivity contribution in [3.63, 3.8) is 0 Å². The zero-order chi connectivity index (χ0) is 8.72. The number of hydrogen-bond acceptors (Lipinski definition) is 3. The summed E-state index contributed by atoms with van der Waals surface area (Å²) in [5.74, 6) is 1.12. The lowest BCUT2D eigenvalue weighted by atomic mass is 10.1. The lowest BCUT2D eigenvalue weighted by Gasteiger charge is -2.07. The van der Waals surface area contributed by atoms with Crippen LogP contribution in [0.2, 0.25) is 0 Å². The Morgan fingerprint density at radius 1 is 1.58 bits per heavy atom. The molecule has 0 aliphatic heterocycles. The van der Waals surface area contributed by atoms with E-state index in [1.165, 1.54) is 0 Å². The van der Waals surface area contributed by atoms with Crippen LogP contribution in [0.1, 0.15) is 19.8 Å². The highest BCUT2D eigenvalue weighted by atomic mass is 16.5. The normalized spacial score (nSPS) is 43.8. The lowest BCUT2D eigenvalue weighted by Crippen LogP contribution is -2.23. The molecular formula is C9H15NO2. The highest BCUT2D eigenvalue weighted by Gasteiger charge is 2.61. The maximum absolute atomic E-state index is 11.3. The van der Waals surface area contributed by atoms with Gasteiger partial charge in [-0.1, -0.05) is 0 Å². The maximum Gasteiger partial charge on any atom is 0.309 e. The number of rotatable bonds is 2. The van der Waals surface area contributed by atoms with Gasteiger partial charge >= 0.3 is 5.97 Å². The summed E-state index contributed by atoms with van der Waals surface area (Å²) in [6.45, 7) is 2.33. The molecule has 0 amide bonds. The summed E-state index contributed by atoms with van der Waals surface area (Å²) in [5.41, 5.74) is 5.84. The van der Waals surface area contributed by atoms with Crippen LogP contribution in [-0.4, -0.2) is 18.6 Å². The molecule has 4 atom stereocenters. The molecule has 0 spiro atoms. The van der Waals surface area contributed by atoms with Crippen LogP contribution < -0.4 is 5.73 Å². The van der Waals surface area contributed by atoms with Crippen molar-refractivity contribution in [3.05, 3.63) is 0 Å². The number of carbonyl (C=O) groups is 1. The minimum Gasteiger partial charge on any atom is -0.466 e. The fourth-order valence-electron chi connectivity index (χ4n) is 2.50. The second-order valence-corrected chi connectivity index (χ2v) is 3.76. The van der Waals surface area contributed by atoms with Crippen molar-refractivity contribution < 1.29 is 9.53 Å². The van der Waals surface area contributed by atoms with E-state index in [-0.39, 0.29) is 17.9 Å². The summed E-state index contributed by atoms with van der Waals surface area (Å²) >= 11 is 0. The largest absolute Gasteiger partial charge is 0.466 e. The predicted octanol–water partition coefficient (Wildman–Crippen LogP) is 0.533. The van der Waals surface area contributed by atoms with Gasteiger partial charge in [0, 0.05) is 6.04 Å². The van der Waals surface area contributed by atoms with Gasteiger partial charge in [0.15, 0.2) is 0 Å². The molecule has 2 N–H and O–H groups in total. The Hall–Kier alpha value is -0.570. The van der Waals surface area contributed by atoms with Crippen LogP contribution in [-0.2, 0) is 9.53 Å². The van der Waals surface area contributed by atoms with E-state index in [2.05, 4.69) is 0 Å². The number of fused-ring (bicyclic) bond motifs is 1. The first-order valence-corrected chi connectivity index (χ1v) is 4.68. The maximum atomic E-state index is 11.3. The molecule has 0 aromatic carbocycles. The van der Waals surface area contributed by atoms with Crippen LogP contribution in [0.4, 0.5) is 0 Å². The van der Waals surface area contributed by atoms with Gasteiger partial charge in [0.05, 0.1) is 12.5 Å². The monoisotopic (exact) mass is 169 g/mol. The summed E-state index contributed by atoms with van der Waals surface area (Å²) < 4.78 is 4.96. The molecule has 0 saturated heterocycles. The van der Waals surface area contributed by atoms with Crippen molar-refractivity contribution in [2.45, 2.75) is 25.8 Å². The molecule has 2 aliphatic rings. The molecule has 0 aromatic heterocycles. The van der Waals surface area contributed by atoms with Crippen molar-refractivity contribution in [1.82, 2.24) is 0 Å². The molecule has 0 aromatic rings. The zero-order valence-corrected chi connectivity index (χ0v) is 7.32. The predicted molar refractivity (Wildman–Crippen MR) is 44.3 cm³/mol. The average Bonchev–Trinajstić information content (AvgIpc) is 2.65. The molecule has 2 fully saturated rings. The van der Waals surface area contributed by atoms with Crippen LogP contribution in [0.25, 0.3) is 0 Å². The van der Waals surface area contributed by atoms with Gasteiger partial charge in [-0.3, -0.25) is 4.79 Å². The number of esters is 1. The Labute approximate surface area is 72.3 Å². The van der Waals surface area contributed by atoms with E-state index in [9.17, 15) is 4.79 Å². The highest BCUT2D eigenvalue weighted by molar-refractivity contribution is 5.77. The third-order valence-electron chi connectivity index (χ3n) is 3.12.